The van der Waals surface area contributed by atoms with Gasteiger partial charge in [0.15, 0.2) is 6.61 Å². The maximum atomic E-state index is 12.1. The third kappa shape index (κ3) is 5.79. The Morgan fingerprint density at radius 1 is 1.21 bits per heavy atom. The van der Waals surface area contributed by atoms with E-state index in [-0.39, 0.29) is 29.4 Å². The lowest BCUT2D eigenvalue weighted by molar-refractivity contribution is -0.123. The van der Waals surface area contributed by atoms with Crippen LogP contribution in [0.2, 0.25) is 0 Å². The molecular formula is C17H26N2O4S. The summed E-state index contributed by atoms with van der Waals surface area (Å²) >= 11 is 0. The first-order valence-corrected chi connectivity index (χ1v) is 9.87. The van der Waals surface area contributed by atoms with E-state index in [1.807, 2.05) is 13.8 Å². The van der Waals surface area contributed by atoms with E-state index in [1.165, 1.54) is 12.1 Å². The molecule has 1 aromatic rings. The van der Waals surface area contributed by atoms with Crippen LogP contribution in [-0.4, -0.2) is 33.5 Å². The normalized spacial score (nSPS) is 15.6. The Bertz CT molecular complexity index is 635. The molecule has 7 heteroatoms. The molecule has 0 saturated heterocycles. The number of amides is 1. The molecule has 1 amide bonds. The summed E-state index contributed by atoms with van der Waals surface area (Å²) in [4.78, 5) is 12.0. The molecule has 0 heterocycles. The van der Waals surface area contributed by atoms with Crippen LogP contribution in [0.3, 0.4) is 0 Å². The second kappa shape index (κ2) is 8.48. The van der Waals surface area contributed by atoms with E-state index in [1.54, 1.807) is 12.1 Å². The van der Waals surface area contributed by atoms with Crippen LogP contribution in [0.15, 0.2) is 29.2 Å². The van der Waals surface area contributed by atoms with Gasteiger partial charge in [0.1, 0.15) is 5.75 Å². The van der Waals surface area contributed by atoms with Gasteiger partial charge in [0.05, 0.1) is 4.90 Å². The Hall–Kier alpha value is -1.60. The predicted molar refractivity (Wildman–Crippen MR) is 92.4 cm³/mol. The van der Waals surface area contributed by atoms with Crippen LogP contribution in [-0.2, 0) is 14.8 Å². The molecule has 1 aliphatic rings. The van der Waals surface area contributed by atoms with Crippen LogP contribution in [0, 0.1) is 5.92 Å². The molecule has 0 atom stereocenters. The smallest absolute Gasteiger partial charge is 0.258 e. The first kappa shape index (κ1) is 18.7. The first-order valence-electron chi connectivity index (χ1n) is 8.39. The van der Waals surface area contributed by atoms with Crippen molar-refractivity contribution in [3.63, 3.8) is 0 Å². The van der Waals surface area contributed by atoms with Crippen LogP contribution in [0.1, 0.15) is 39.5 Å². The number of sulfonamides is 1. The van der Waals surface area contributed by atoms with Crippen LogP contribution in [0.25, 0.3) is 0 Å². The average Bonchev–Trinajstić information content (AvgIpc) is 3.04. The van der Waals surface area contributed by atoms with Gasteiger partial charge in [-0.3, -0.25) is 4.79 Å². The molecule has 0 aliphatic heterocycles. The fourth-order valence-electron chi connectivity index (χ4n) is 2.56. The van der Waals surface area contributed by atoms with E-state index in [0.717, 1.165) is 25.7 Å². The molecule has 1 aliphatic carbocycles. The minimum Gasteiger partial charge on any atom is -0.484 e. The van der Waals surface area contributed by atoms with Crippen molar-refractivity contribution in [1.29, 1.82) is 0 Å². The van der Waals surface area contributed by atoms with Gasteiger partial charge in [-0.1, -0.05) is 26.7 Å². The van der Waals surface area contributed by atoms with E-state index in [4.69, 9.17) is 4.74 Å². The summed E-state index contributed by atoms with van der Waals surface area (Å²) in [7, 11) is -3.50. The zero-order valence-corrected chi connectivity index (χ0v) is 15.1. The maximum Gasteiger partial charge on any atom is 0.258 e. The lowest BCUT2D eigenvalue weighted by Crippen LogP contribution is -2.36. The van der Waals surface area contributed by atoms with Crippen LogP contribution < -0.4 is 14.8 Å². The summed E-state index contributed by atoms with van der Waals surface area (Å²) in [5.74, 6) is 0.567. The Morgan fingerprint density at radius 2 is 1.83 bits per heavy atom. The summed E-state index contributed by atoms with van der Waals surface area (Å²) in [6, 6.07) is 6.35. The number of carbonyl (C=O) groups excluding carboxylic acids is 1. The molecule has 2 N–H and O–H groups in total. The summed E-state index contributed by atoms with van der Waals surface area (Å²) in [6.45, 7) is 4.21. The van der Waals surface area contributed by atoms with E-state index >= 15 is 0 Å². The second-order valence-corrected chi connectivity index (χ2v) is 8.32. The zero-order valence-electron chi connectivity index (χ0n) is 14.2. The van der Waals surface area contributed by atoms with Gasteiger partial charge in [-0.25, -0.2) is 13.1 Å². The standard InChI is InChI=1S/C17H26N2O4S/c1-13(2)11-18-24(21,22)16-9-7-15(8-10-16)23-12-17(20)19-14-5-3-4-6-14/h7-10,13-14,18H,3-6,11-12H2,1-2H3,(H,19,20). The van der Waals surface area contributed by atoms with Crippen molar-refractivity contribution in [2.24, 2.45) is 5.92 Å². The van der Waals surface area contributed by atoms with Gasteiger partial charge >= 0.3 is 0 Å². The number of nitrogens with one attached hydrogen (secondary N) is 2. The average molecular weight is 354 g/mol. The Balaban J connectivity index is 1.84. The highest BCUT2D eigenvalue weighted by atomic mass is 32.2. The number of hydrogen-bond donors (Lipinski definition) is 2. The molecule has 1 fully saturated rings. The topological polar surface area (TPSA) is 84.5 Å². The molecule has 24 heavy (non-hydrogen) atoms. The number of rotatable bonds is 8. The van der Waals surface area contributed by atoms with Crippen LogP contribution in [0.5, 0.6) is 5.75 Å². The van der Waals surface area contributed by atoms with Crippen LogP contribution >= 0.6 is 0 Å². The summed E-state index contributed by atoms with van der Waals surface area (Å²) < 4.78 is 32.2. The summed E-state index contributed by atoms with van der Waals surface area (Å²) in [6.07, 6.45) is 4.38. The Labute approximate surface area is 144 Å². The van der Waals surface area contributed by atoms with Crippen molar-refractivity contribution in [1.82, 2.24) is 10.0 Å². The van der Waals surface area contributed by atoms with Gasteiger partial charge in [-0.05, 0) is 43.0 Å². The molecule has 2 rings (SSSR count). The van der Waals surface area contributed by atoms with Crippen molar-refractivity contribution in [3.05, 3.63) is 24.3 Å². The van der Waals surface area contributed by atoms with Gasteiger partial charge in [0.25, 0.3) is 5.91 Å². The Morgan fingerprint density at radius 3 is 2.42 bits per heavy atom. The summed E-state index contributed by atoms with van der Waals surface area (Å²) in [5.41, 5.74) is 0. The van der Waals surface area contributed by atoms with Crippen molar-refractivity contribution >= 4 is 15.9 Å². The van der Waals surface area contributed by atoms with E-state index in [9.17, 15) is 13.2 Å². The van der Waals surface area contributed by atoms with Gasteiger partial charge in [-0.15, -0.1) is 0 Å². The maximum absolute atomic E-state index is 12.1. The van der Waals surface area contributed by atoms with Crippen molar-refractivity contribution < 1.29 is 17.9 Å². The molecule has 0 aromatic heterocycles. The van der Waals surface area contributed by atoms with Gasteiger partial charge in [-0.2, -0.15) is 0 Å². The first-order chi connectivity index (χ1) is 11.4. The number of hydrogen-bond acceptors (Lipinski definition) is 4. The van der Waals surface area contributed by atoms with E-state index in [0.29, 0.717) is 12.3 Å². The van der Waals surface area contributed by atoms with E-state index < -0.39 is 10.0 Å². The molecule has 1 aromatic carbocycles. The van der Waals surface area contributed by atoms with Gasteiger partial charge in [0.2, 0.25) is 10.0 Å². The molecule has 6 nitrogen and oxygen atoms in total. The largest absolute Gasteiger partial charge is 0.484 e. The van der Waals surface area contributed by atoms with E-state index in [2.05, 4.69) is 10.0 Å². The third-order valence-electron chi connectivity index (χ3n) is 3.91. The molecule has 0 unspecified atom stereocenters. The predicted octanol–water partition coefficient (Wildman–Crippen LogP) is 2.06. The quantitative estimate of drug-likeness (QED) is 0.748. The molecule has 0 radical (unpaired) electrons. The molecular weight excluding hydrogens is 328 g/mol. The SMILES string of the molecule is CC(C)CNS(=O)(=O)c1ccc(OCC(=O)NC2CCCC2)cc1. The number of carbonyl (C=O) groups is 1. The van der Waals surface area contributed by atoms with Gasteiger partial charge < -0.3 is 10.1 Å². The minimum atomic E-state index is -3.50. The lowest BCUT2D eigenvalue weighted by atomic mass is 10.2. The highest BCUT2D eigenvalue weighted by Gasteiger charge is 2.17. The fraction of sp³-hybridized carbons (Fsp3) is 0.588. The van der Waals surface area contributed by atoms with Gasteiger partial charge in [0, 0.05) is 12.6 Å². The van der Waals surface area contributed by atoms with Crippen molar-refractivity contribution in [2.45, 2.75) is 50.5 Å². The monoisotopic (exact) mass is 354 g/mol. The second-order valence-electron chi connectivity index (χ2n) is 6.55. The lowest BCUT2D eigenvalue weighted by Gasteiger charge is -2.13. The van der Waals surface area contributed by atoms with Crippen molar-refractivity contribution in [2.75, 3.05) is 13.2 Å². The third-order valence-corrected chi connectivity index (χ3v) is 5.35. The molecule has 0 spiro atoms. The number of benzene rings is 1. The molecule has 134 valence electrons. The van der Waals surface area contributed by atoms with Crippen LogP contribution in [0.4, 0.5) is 0 Å². The minimum absolute atomic E-state index is 0.0613. The molecule has 1 saturated carbocycles. The molecule has 0 bridgehead atoms. The fourth-order valence-corrected chi connectivity index (χ4v) is 3.78. The Kier molecular flexibility index (Phi) is 6.62. The highest BCUT2D eigenvalue weighted by Crippen LogP contribution is 2.18. The zero-order chi connectivity index (χ0) is 17.6. The number of ether oxygens (including phenoxy) is 1. The van der Waals surface area contributed by atoms with Crippen molar-refractivity contribution in [3.8, 4) is 5.75 Å². The highest BCUT2D eigenvalue weighted by molar-refractivity contribution is 7.89. The summed E-state index contributed by atoms with van der Waals surface area (Å²) in [5, 5.41) is 2.94.